The molecule has 0 aliphatic rings. The molecule has 2 aromatic carbocycles. The summed E-state index contributed by atoms with van der Waals surface area (Å²) in [4.78, 5) is 0. The van der Waals surface area contributed by atoms with E-state index in [0.29, 0.717) is 22.4 Å². The monoisotopic (exact) mass is 307 g/mol. The van der Waals surface area contributed by atoms with E-state index in [0.717, 1.165) is 18.7 Å². The molecule has 0 radical (unpaired) electrons. The van der Waals surface area contributed by atoms with Gasteiger partial charge in [-0.3, -0.25) is 0 Å². The first-order valence-electron chi connectivity index (χ1n) is 6.97. The average molecular weight is 308 g/mol. The minimum atomic E-state index is -0.292. The highest BCUT2D eigenvalue weighted by atomic mass is 35.5. The predicted octanol–water partition coefficient (Wildman–Crippen LogP) is 5.02. The Kier molecular flexibility index (Phi) is 5.59. The van der Waals surface area contributed by atoms with Gasteiger partial charge in [-0.05, 0) is 54.4 Å². The van der Waals surface area contributed by atoms with Crippen molar-refractivity contribution in [2.75, 3.05) is 6.54 Å². The Morgan fingerprint density at radius 1 is 1.14 bits per heavy atom. The maximum absolute atomic E-state index is 12.8. The van der Waals surface area contributed by atoms with Crippen molar-refractivity contribution in [3.63, 3.8) is 0 Å². The van der Waals surface area contributed by atoms with Gasteiger partial charge in [0.15, 0.2) is 0 Å². The molecule has 0 saturated carbocycles. The van der Waals surface area contributed by atoms with Gasteiger partial charge in [0.25, 0.3) is 0 Å². The second-order valence-corrected chi connectivity index (χ2v) is 5.75. The molecule has 0 spiro atoms. The first-order chi connectivity index (χ1) is 10.0. The van der Waals surface area contributed by atoms with E-state index in [1.165, 1.54) is 12.1 Å². The van der Waals surface area contributed by atoms with E-state index in [2.05, 4.69) is 19.2 Å². The minimum Gasteiger partial charge on any atom is -0.456 e. The van der Waals surface area contributed by atoms with Crippen LogP contribution in [-0.4, -0.2) is 6.54 Å². The van der Waals surface area contributed by atoms with Gasteiger partial charge in [0.05, 0.1) is 5.02 Å². The molecule has 0 heterocycles. The number of hydrogen-bond acceptors (Lipinski definition) is 2. The highest BCUT2D eigenvalue weighted by Gasteiger charge is 2.05. The van der Waals surface area contributed by atoms with Gasteiger partial charge in [-0.2, -0.15) is 0 Å². The second-order valence-electron chi connectivity index (χ2n) is 5.35. The molecule has 0 unspecified atom stereocenters. The molecule has 2 rings (SSSR count). The van der Waals surface area contributed by atoms with Crippen LogP contribution in [0.15, 0.2) is 42.5 Å². The van der Waals surface area contributed by atoms with Crippen LogP contribution in [0.2, 0.25) is 5.02 Å². The van der Waals surface area contributed by atoms with Crippen LogP contribution in [0.1, 0.15) is 19.4 Å². The number of halogens is 2. The van der Waals surface area contributed by atoms with E-state index >= 15 is 0 Å². The molecule has 2 aromatic rings. The SMILES string of the molecule is CC(C)CNCc1ccc(Oc2ccc(F)cc2)c(Cl)c1. The summed E-state index contributed by atoms with van der Waals surface area (Å²) in [5.41, 5.74) is 1.10. The molecule has 0 amide bonds. The molecule has 0 saturated heterocycles. The van der Waals surface area contributed by atoms with Crippen LogP contribution in [0.3, 0.4) is 0 Å². The molecule has 1 N–H and O–H groups in total. The molecular formula is C17H19ClFNO. The van der Waals surface area contributed by atoms with Crippen LogP contribution < -0.4 is 10.1 Å². The van der Waals surface area contributed by atoms with Gasteiger partial charge in [-0.15, -0.1) is 0 Å². The van der Waals surface area contributed by atoms with Gasteiger partial charge >= 0.3 is 0 Å². The molecule has 4 heteroatoms. The minimum absolute atomic E-state index is 0.292. The molecule has 0 bridgehead atoms. The number of benzene rings is 2. The third kappa shape index (κ3) is 5.03. The van der Waals surface area contributed by atoms with Gasteiger partial charge in [0, 0.05) is 6.54 Å². The van der Waals surface area contributed by atoms with Crippen molar-refractivity contribution >= 4 is 11.6 Å². The number of hydrogen-bond donors (Lipinski definition) is 1. The second kappa shape index (κ2) is 7.43. The average Bonchev–Trinajstić information content (AvgIpc) is 2.44. The highest BCUT2D eigenvalue weighted by Crippen LogP contribution is 2.30. The van der Waals surface area contributed by atoms with Gasteiger partial charge in [0.2, 0.25) is 0 Å². The van der Waals surface area contributed by atoms with Crippen molar-refractivity contribution in [1.29, 1.82) is 0 Å². The molecule has 0 atom stereocenters. The fourth-order valence-electron chi connectivity index (χ4n) is 1.87. The van der Waals surface area contributed by atoms with Crippen molar-refractivity contribution in [3.8, 4) is 11.5 Å². The van der Waals surface area contributed by atoms with Gasteiger partial charge < -0.3 is 10.1 Å². The van der Waals surface area contributed by atoms with E-state index < -0.39 is 0 Å². The molecule has 0 aromatic heterocycles. The Balaban J connectivity index is 2.00. The van der Waals surface area contributed by atoms with Crippen LogP contribution in [0.25, 0.3) is 0 Å². The largest absolute Gasteiger partial charge is 0.456 e. The summed E-state index contributed by atoms with van der Waals surface area (Å²) in [5, 5.41) is 3.91. The molecule has 21 heavy (non-hydrogen) atoms. The van der Waals surface area contributed by atoms with Crippen molar-refractivity contribution in [2.45, 2.75) is 20.4 Å². The zero-order chi connectivity index (χ0) is 15.2. The Morgan fingerprint density at radius 2 is 1.86 bits per heavy atom. The fraction of sp³-hybridized carbons (Fsp3) is 0.294. The van der Waals surface area contributed by atoms with E-state index in [9.17, 15) is 4.39 Å². The van der Waals surface area contributed by atoms with E-state index in [1.807, 2.05) is 18.2 Å². The molecule has 112 valence electrons. The summed E-state index contributed by atoms with van der Waals surface area (Å²) < 4.78 is 18.5. The van der Waals surface area contributed by atoms with Crippen LogP contribution in [-0.2, 0) is 6.54 Å². The van der Waals surface area contributed by atoms with Gasteiger partial charge in [-0.25, -0.2) is 4.39 Å². The van der Waals surface area contributed by atoms with Gasteiger partial charge in [-0.1, -0.05) is 31.5 Å². The molecule has 2 nitrogen and oxygen atoms in total. The third-order valence-electron chi connectivity index (χ3n) is 2.92. The topological polar surface area (TPSA) is 21.3 Å². The Bertz CT molecular complexity index is 584. The zero-order valence-electron chi connectivity index (χ0n) is 12.2. The van der Waals surface area contributed by atoms with Gasteiger partial charge in [0.1, 0.15) is 17.3 Å². The molecule has 0 fully saturated rings. The number of ether oxygens (including phenoxy) is 1. The smallest absolute Gasteiger partial charge is 0.146 e. The van der Waals surface area contributed by atoms with Crippen molar-refractivity contribution in [3.05, 3.63) is 58.9 Å². The quantitative estimate of drug-likeness (QED) is 0.809. The standard InChI is InChI=1S/C17H19ClFNO/c1-12(2)10-20-11-13-3-8-17(16(18)9-13)21-15-6-4-14(19)5-7-15/h3-9,12,20H,10-11H2,1-2H3. The van der Waals surface area contributed by atoms with Crippen molar-refractivity contribution in [1.82, 2.24) is 5.32 Å². The van der Waals surface area contributed by atoms with E-state index in [-0.39, 0.29) is 5.82 Å². The van der Waals surface area contributed by atoms with Crippen LogP contribution in [0, 0.1) is 11.7 Å². The Labute approximate surface area is 129 Å². The normalized spacial score (nSPS) is 10.9. The Hall–Kier alpha value is -1.58. The third-order valence-corrected chi connectivity index (χ3v) is 3.21. The molecular weight excluding hydrogens is 289 g/mol. The van der Waals surface area contributed by atoms with Crippen molar-refractivity contribution in [2.24, 2.45) is 5.92 Å². The van der Waals surface area contributed by atoms with Crippen molar-refractivity contribution < 1.29 is 9.13 Å². The van der Waals surface area contributed by atoms with E-state index in [1.54, 1.807) is 12.1 Å². The molecule has 0 aliphatic carbocycles. The maximum Gasteiger partial charge on any atom is 0.146 e. The summed E-state index contributed by atoms with van der Waals surface area (Å²) in [5.74, 6) is 1.45. The first-order valence-corrected chi connectivity index (χ1v) is 7.35. The maximum atomic E-state index is 12.8. The Morgan fingerprint density at radius 3 is 2.48 bits per heavy atom. The summed E-state index contributed by atoms with van der Waals surface area (Å²) in [6.07, 6.45) is 0. The number of nitrogens with one attached hydrogen (secondary N) is 1. The molecule has 0 aliphatic heterocycles. The summed E-state index contributed by atoms with van der Waals surface area (Å²) in [7, 11) is 0. The lowest BCUT2D eigenvalue weighted by atomic mass is 10.2. The highest BCUT2D eigenvalue weighted by molar-refractivity contribution is 6.32. The first kappa shape index (κ1) is 15.8. The lowest BCUT2D eigenvalue weighted by molar-refractivity contribution is 0.480. The van der Waals surface area contributed by atoms with Crippen LogP contribution in [0.4, 0.5) is 4.39 Å². The van der Waals surface area contributed by atoms with Crippen LogP contribution >= 0.6 is 11.6 Å². The van der Waals surface area contributed by atoms with E-state index in [4.69, 9.17) is 16.3 Å². The lowest BCUT2D eigenvalue weighted by Crippen LogP contribution is -2.18. The van der Waals surface area contributed by atoms with Crippen LogP contribution in [0.5, 0.6) is 11.5 Å². The zero-order valence-corrected chi connectivity index (χ0v) is 13.0. The summed E-state index contributed by atoms with van der Waals surface area (Å²) in [6.45, 7) is 6.07. The fourth-order valence-corrected chi connectivity index (χ4v) is 2.11. The predicted molar refractivity (Wildman–Crippen MR) is 84.5 cm³/mol. The number of rotatable bonds is 6. The lowest BCUT2D eigenvalue weighted by Gasteiger charge is -2.11. The summed E-state index contributed by atoms with van der Waals surface area (Å²) in [6, 6.07) is 11.5. The summed E-state index contributed by atoms with van der Waals surface area (Å²) >= 11 is 6.23.